The second-order valence-corrected chi connectivity index (χ2v) is 17.7. The van der Waals surface area contributed by atoms with E-state index < -0.39 is 53.5 Å². The summed E-state index contributed by atoms with van der Waals surface area (Å²) in [7, 11) is 0. The van der Waals surface area contributed by atoms with Crippen molar-refractivity contribution in [3.63, 3.8) is 0 Å². The maximum atomic E-state index is 14.8. The third kappa shape index (κ3) is 9.53. The Bertz CT molecular complexity index is 4070. The molecule has 12 rings (SSSR count). The van der Waals surface area contributed by atoms with Gasteiger partial charge in [-0.3, -0.25) is 19.2 Å². The standard InChI is InChI=1S/C29H21FN6O2.C28H19F2N7O2/c1-17-15-31-27-23(25(35-36(27)16-17)19-11-5-7-13-21(19)30)28(37)34-26-29(38)32-22-14-8-6-12-20(22)24(33-26)18-9-3-2-4-10-18;1-15-13-18(24(30)32-14-15)23-20(26-31-11-6-12-37(26)36-23)27(38)35-25-28(39)34-22-17(9-5-10-19(22)29)21(33-25)16-7-3-2-4-8-16/h2-16,26H,1H3,(H,32,38)(H,34,37);2-14,25H,1H3,(H,34,39)(H,35,38)/t26-;25-/m11/s1. The lowest BCUT2D eigenvalue weighted by molar-refractivity contribution is -0.118. The molecule has 0 saturated carbocycles. The van der Waals surface area contributed by atoms with Gasteiger partial charge < -0.3 is 21.3 Å². The summed E-state index contributed by atoms with van der Waals surface area (Å²) >= 11 is 0. The van der Waals surface area contributed by atoms with Gasteiger partial charge >= 0.3 is 0 Å². The number of aliphatic imine (C=N–C) groups is 2. The maximum absolute atomic E-state index is 14.8. The molecule has 2 aliphatic rings. The van der Waals surface area contributed by atoms with Gasteiger partial charge in [0.25, 0.3) is 23.6 Å². The van der Waals surface area contributed by atoms with E-state index >= 15 is 0 Å². The van der Waals surface area contributed by atoms with E-state index in [1.807, 2.05) is 61.5 Å². The lowest BCUT2D eigenvalue weighted by Gasteiger charge is -2.14. The number of hydrogen-bond donors (Lipinski definition) is 4. The summed E-state index contributed by atoms with van der Waals surface area (Å²) in [5.41, 5.74) is 5.94. The number of amides is 4. The summed E-state index contributed by atoms with van der Waals surface area (Å²) in [6.45, 7) is 3.57. The number of nitrogens with one attached hydrogen (secondary N) is 4. The van der Waals surface area contributed by atoms with Crippen LogP contribution < -0.4 is 21.3 Å². The fourth-order valence-electron chi connectivity index (χ4n) is 8.88. The van der Waals surface area contributed by atoms with Gasteiger partial charge in [0.1, 0.15) is 34.1 Å². The van der Waals surface area contributed by atoms with Crippen molar-refractivity contribution >= 4 is 57.7 Å². The number of anilines is 2. The number of pyridine rings is 1. The molecular weight excluding hydrogens is 988 g/mol. The quantitative estimate of drug-likeness (QED) is 0.108. The van der Waals surface area contributed by atoms with E-state index in [1.54, 1.807) is 86.2 Å². The topological polar surface area (TPSA) is 214 Å². The number of aryl methyl sites for hydroxylation is 2. The van der Waals surface area contributed by atoms with Crippen molar-refractivity contribution in [1.29, 1.82) is 0 Å². The van der Waals surface area contributed by atoms with Gasteiger partial charge in [-0.05, 0) is 61.4 Å². The Kier molecular flexibility index (Phi) is 12.9. The molecule has 4 N–H and O–H groups in total. The average molecular weight is 1030 g/mol. The highest BCUT2D eigenvalue weighted by atomic mass is 19.1. The molecule has 5 aromatic carbocycles. The summed E-state index contributed by atoms with van der Waals surface area (Å²) in [6, 6.07) is 39.2. The molecule has 0 radical (unpaired) electrons. The van der Waals surface area contributed by atoms with Crippen LogP contribution in [0, 0.1) is 31.4 Å². The van der Waals surface area contributed by atoms with E-state index in [1.165, 1.54) is 45.7 Å². The van der Waals surface area contributed by atoms with Crippen LogP contribution in [0.15, 0.2) is 180 Å². The summed E-state index contributed by atoms with van der Waals surface area (Å²) in [5.74, 6) is -4.69. The Morgan fingerprint density at radius 3 is 1.78 bits per heavy atom. The monoisotopic (exact) mass is 1030 g/mol. The summed E-state index contributed by atoms with van der Waals surface area (Å²) in [6.07, 6.45) is 4.97. The molecule has 0 bridgehead atoms. The maximum Gasteiger partial charge on any atom is 0.269 e. The minimum absolute atomic E-state index is 0.00100. The number of rotatable bonds is 8. The van der Waals surface area contributed by atoms with Crippen LogP contribution >= 0.6 is 0 Å². The van der Waals surface area contributed by atoms with Crippen molar-refractivity contribution in [1.82, 2.24) is 44.8 Å². The minimum atomic E-state index is -1.45. The van der Waals surface area contributed by atoms with Crippen LogP contribution in [-0.4, -0.2) is 81.6 Å². The number of benzene rings is 5. The number of para-hydroxylation sites is 2. The van der Waals surface area contributed by atoms with Crippen LogP contribution in [0.4, 0.5) is 24.5 Å². The lowest BCUT2D eigenvalue weighted by Crippen LogP contribution is -2.42. The highest BCUT2D eigenvalue weighted by Crippen LogP contribution is 2.32. The molecule has 20 heteroatoms. The van der Waals surface area contributed by atoms with E-state index in [0.29, 0.717) is 33.8 Å². The number of halogens is 3. The number of carbonyl (C=O) groups excluding carboxylic acids is 4. The summed E-state index contributed by atoms with van der Waals surface area (Å²) in [5, 5.41) is 19.6. The molecule has 0 fully saturated rings. The predicted octanol–water partition coefficient (Wildman–Crippen LogP) is 8.31. The third-order valence-electron chi connectivity index (χ3n) is 12.4. The third-order valence-corrected chi connectivity index (χ3v) is 12.4. The van der Waals surface area contributed by atoms with Gasteiger partial charge in [-0.2, -0.15) is 14.6 Å². The fraction of sp³-hybridized carbons (Fsp3) is 0.0702. The van der Waals surface area contributed by atoms with E-state index in [9.17, 15) is 32.3 Å². The van der Waals surface area contributed by atoms with Crippen molar-refractivity contribution in [2.75, 3.05) is 10.6 Å². The molecule has 2 atom stereocenters. The van der Waals surface area contributed by atoms with Gasteiger partial charge in [-0.15, -0.1) is 0 Å². The molecule has 77 heavy (non-hydrogen) atoms. The second kappa shape index (κ2) is 20.4. The van der Waals surface area contributed by atoms with E-state index in [-0.39, 0.29) is 50.6 Å². The molecule has 10 aromatic rings. The molecule has 0 spiro atoms. The van der Waals surface area contributed by atoms with E-state index in [0.717, 1.165) is 16.7 Å². The second-order valence-electron chi connectivity index (χ2n) is 17.7. The van der Waals surface area contributed by atoms with Gasteiger partial charge in [0, 0.05) is 58.8 Å². The SMILES string of the molecule is Cc1cnc(F)c(-c2nn3cccnc3c2C(=O)N[C@H]2N=C(c3ccccc3)c3cccc(F)c3NC2=O)c1.Cc1cnc2c(C(=O)N[C@H]3N=C(c4ccccc4)c4ccccc4NC3=O)c(-c3ccccc3F)nn2c1. The first-order chi connectivity index (χ1) is 37.4. The van der Waals surface area contributed by atoms with Crippen molar-refractivity contribution in [3.05, 3.63) is 233 Å². The molecule has 0 aliphatic carbocycles. The van der Waals surface area contributed by atoms with Crippen LogP contribution in [0.1, 0.15) is 54.1 Å². The van der Waals surface area contributed by atoms with Crippen LogP contribution in [0.25, 0.3) is 33.8 Å². The molecule has 17 nitrogen and oxygen atoms in total. The van der Waals surface area contributed by atoms with Crippen LogP contribution in [0.5, 0.6) is 0 Å². The number of carbonyl (C=O) groups is 4. The van der Waals surface area contributed by atoms with Gasteiger partial charge in [-0.25, -0.2) is 42.7 Å². The number of aromatic nitrogens is 7. The number of fused-ring (bicyclic) bond motifs is 4. The number of hydrogen-bond acceptors (Lipinski definition) is 11. The van der Waals surface area contributed by atoms with E-state index in [4.69, 9.17) is 0 Å². The first-order valence-electron chi connectivity index (χ1n) is 23.8. The van der Waals surface area contributed by atoms with Crippen molar-refractivity contribution in [3.8, 4) is 22.5 Å². The average Bonchev–Trinajstić information content (AvgIpc) is 3.95. The van der Waals surface area contributed by atoms with E-state index in [2.05, 4.69) is 56.4 Å². The Morgan fingerprint density at radius 2 is 1.09 bits per heavy atom. The minimum Gasteiger partial charge on any atom is -0.322 e. The van der Waals surface area contributed by atoms with Crippen molar-refractivity contribution in [2.45, 2.75) is 26.2 Å². The number of benzodiazepines with no additional fused rings is 2. The zero-order chi connectivity index (χ0) is 53.3. The zero-order valence-electron chi connectivity index (χ0n) is 40.6. The van der Waals surface area contributed by atoms with Crippen LogP contribution in [-0.2, 0) is 9.59 Å². The molecule has 0 saturated heterocycles. The molecule has 5 aromatic heterocycles. The first-order valence-corrected chi connectivity index (χ1v) is 23.8. The number of nitrogens with zero attached hydrogens (tertiary/aromatic N) is 9. The van der Waals surface area contributed by atoms with Gasteiger partial charge in [0.2, 0.25) is 18.3 Å². The molecule has 2 aliphatic heterocycles. The van der Waals surface area contributed by atoms with Gasteiger partial charge in [-0.1, -0.05) is 103 Å². The zero-order valence-corrected chi connectivity index (χ0v) is 40.6. The Balaban J connectivity index is 0.000000164. The Morgan fingerprint density at radius 1 is 0.545 bits per heavy atom. The normalized spacial score (nSPS) is 14.8. The fourth-order valence-corrected chi connectivity index (χ4v) is 8.88. The highest BCUT2D eigenvalue weighted by Gasteiger charge is 2.34. The summed E-state index contributed by atoms with van der Waals surface area (Å²) in [4.78, 5) is 75.6. The lowest BCUT2D eigenvalue weighted by atomic mass is 10.0. The van der Waals surface area contributed by atoms with Gasteiger partial charge in [0.05, 0.1) is 28.4 Å². The summed E-state index contributed by atoms with van der Waals surface area (Å²) < 4.78 is 47.2. The first kappa shape index (κ1) is 48.8. The largest absolute Gasteiger partial charge is 0.322 e. The van der Waals surface area contributed by atoms with Crippen molar-refractivity contribution in [2.24, 2.45) is 9.98 Å². The van der Waals surface area contributed by atoms with Gasteiger partial charge in [0.15, 0.2) is 11.3 Å². The molecular formula is C57H40F3N13O4. The Hall–Kier alpha value is -10.5. The Labute approximate surface area is 435 Å². The van der Waals surface area contributed by atoms with Crippen LogP contribution in [0.2, 0.25) is 0 Å². The highest BCUT2D eigenvalue weighted by molar-refractivity contribution is 6.21. The molecule has 378 valence electrons. The smallest absolute Gasteiger partial charge is 0.269 e. The molecule has 0 unspecified atom stereocenters. The molecule has 4 amide bonds. The molecule has 7 heterocycles. The van der Waals surface area contributed by atoms with Crippen molar-refractivity contribution < 1.29 is 32.3 Å². The predicted molar refractivity (Wildman–Crippen MR) is 281 cm³/mol. The van der Waals surface area contributed by atoms with Crippen LogP contribution in [0.3, 0.4) is 0 Å².